The summed E-state index contributed by atoms with van der Waals surface area (Å²) in [6.07, 6.45) is 1.90. The highest BCUT2D eigenvalue weighted by atomic mass is 16.3. The summed E-state index contributed by atoms with van der Waals surface area (Å²) in [6, 6.07) is 11.2. The molecule has 1 heterocycles. The number of phenolic OH excluding ortho intramolecular Hbond substituents is 1. The number of phenols is 1. The fourth-order valence-electron chi connectivity index (χ4n) is 3.05. The molecule has 5 nitrogen and oxygen atoms in total. The van der Waals surface area contributed by atoms with E-state index in [0.29, 0.717) is 16.8 Å². The van der Waals surface area contributed by atoms with Crippen LogP contribution >= 0.6 is 0 Å². The summed E-state index contributed by atoms with van der Waals surface area (Å²) in [5, 5.41) is 28.5. The lowest BCUT2D eigenvalue weighted by atomic mass is 9.95. The number of nitrogen functional groups attached to an aromatic ring is 1. The Morgan fingerprint density at radius 1 is 1.21 bits per heavy atom. The van der Waals surface area contributed by atoms with E-state index < -0.39 is 0 Å². The normalized spacial score (nSPS) is 14.4. The number of H-pyrrole nitrogens is 1. The number of allylic oxidation sites excluding steroid dienone is 3. The van der Waals surface area contributed by atoms with Gasteiger partial charge >= 0.3 is 0 Å². The molecule has 1 aromatic heterocycles. The van der Waals surface area contributed by atoms with Crippen LogP contribution in [0.2, 0.25) is 0 Å². The van der Waals surface area contributed by atoms with Crippen molar-refractivity contribution < 1.29 is 10.1 Å². The maximum Gasteiger partial charge on any atom is 0.289 e. The third-order valence-corrected chi connectivity index (χ3v) is 4.23. The average molecular weight is 315 g/mol. The van der Waals surface area contributed by atoms with Crippen LogP contribution in [0.25, 0.3) is 17.2 Å². The van der Waals surface area contributed by atoms with Crippen molar-refractivity contribution in [3.05, 3.63) is 57.8 Å². The third kappa shape index (κ3) is 2.20. The maximum atomic E-state index is 9.66. The van der Waals surface area contributed by atoms with Gasteiger partial charge in [-0.1, -0.05) is 12.1 Å². The first-order valence-corrected chi connectivity index (χ1v) is 7.36. The van der Waals surface area contributed by atoms with Crippen LogP contribution in [0.5, 0.6) is 5.75 Å². The quantitative estimate of drug-likeness (QED) is 0.843. The first-order chi connectivity index (χ1) is 11.5. The number of nitrogens with two attached hydrogens (primary N) is 1. The number of hydrogen-bond donors (Lipinski definition) is 2. The Morgan fingerprint density at radius 3 is 2.58 bits per heavy atom. The number of hydrogen-bond acceptors (Lipinski definition) is 4. The minimum atomic E-state index is 0.169. The van der Waals surface area contributed by atoms with Crippen molar-refractivity contribution in [1.82, 2.24) is 0 Å². The predicted molar refractivity (Wildman–Crippen MR) is 91.0 cm³/mol. The molecule has 1 aliphatic carbocycles. The molecule has 116 valence electrons. The molecule has 2 aromatic rings. The molecule has 1 aromatic carbocycles. The van der Waals surface area contributed by atoms with Gasteiger partial charge in [0, 0.05) is 5.56 Å². The molecule has 24 heavy (non-hydrogen) atoms. The van der Waals surface area contributed by atoms with Gasteiger partial charge in [-0.15, -0.1) is 0 Å². The van der Waals surface area contributed by atoms with E-state index in [-0.39, 0.29) is 11.6 Å². The molecule has 0 unspecified atom stereocenters. The van der Waals surface area contributed by atoms with Crippen LogP contribution in [0.1, 0.15) is 34.9 Å². The smallest absolute Gasteiger partial charge is 0.289 e. The van der Waals surface area contributed by atoms with Gasteiger partial charge in [0.2, 0.25) is 0 Å². The number of aromatic hydroxyl groups is 1. The van der Waals surface area contributed by atoms with Crippen LogP contribution in [-0.4, -0.2) is 5.11 Å². The Balaban J connectivity index is 2.34. The van der Waals surface area contributed by atoms with E-state index in [1.54, 1.807) is 18.2 Å². The molecular formula is C19H15N4O+. The Morgan fingerprint density at radius 2 is 1.96 bits per heavy atom. The van der Waals surface area contributed by atoms with Gasteiger partial charge in [0.05, 0.1) is 0 Å². The lowest BCUT2D eigenvalue weighted by Crippen LogP contribution is -2.20. The van der Waals surface area contributed by atoms with Gasteiger partial charge in [-0.05, 0) is 54.3 Å². The van der Waals surface area contributed by atoms with Crippen LogP contribution in [-0.2, 0) is 0 Å². The van der Waals surface area contributed by atoms with Crippen LogP contribution in [0.3, 0.4) is 0 Å². The Bertz CT molecular complexity index is 1020. The Labute approximate surface area is 139 Å². The summed E-state index contributed by atoms with van der Waals surface area (Å²) in [7, 11) is 0. The maximum absolute atomic E-state index is 9.66. The SMILES string of the molecule is CC1=C(C#N)c2[nH+]c(N)c(C#N)c(C)c2C1=Cc1cccc(O)c1. The number of benzene rings is 1. The lowest BCUT2D eigenvalue weighted by Gasteiger charge is -2.08. The highest BCUT2D eigenvalue weighted by molar-refractivity contribution is 6.07. The second-order valence-corrected chi connectivity index (χ2v) is 5.67. The minimum Gasteiger partial charge on any atom is -0.508 e. The van der Waals surface area contributed by atoms with E-state index in [9.17, 15) is 15.6 Å². The van der Waals surface area contributed by atoms with Gasteiger partial charge in [0.1, 0.15) is 29.0 Å². The number of rotatable bonds is 1. The number of aromatic nitrogens is 1. The van der Waals surface area contributed by atoms with E-state index >= 15 is 0 Å². The van der Waals surface area contributed by atoms with E-state index in [1.807, 2.05) is 26.0 Å². The van der Waals surface area contributed by atoms with Crippen LogP contribution in [0.4, 0.5) is 5.82 Å². The highest BCUT2D eigenvalue weighted by Crippen LogP contribution is 2.42. The van der Waals surface area contributed by atoms with E-state index in [4.69, 9.17) is 5.73 Å². The van der Waals surface area contributed by atoms with Gasteiger partial charge in [-0.25, -0.2) is 4.98 Å². The fourth-order valence-corrected chi connectivity index (χ4v) is 3.05. The molecule has 0 amide bonds. The molecule has 0 atom stereocenters. The van der Waals surface area contributed by atoms with Crippen molar-refractivity contribution in [3.8, 4) is 17.9 Å². The summed E-state index contributed by atoms with van der Waals surface area (Å²) in [6.45, 7) is 3.69. The molecule has 0 spiro atoms. The average Bonchev–Trinajstić information content (AvgIpc) is 2.79. The second kappa shape index (κ2) is 5.57. The van der Waals surface area contributed by atoms with Crippen LogP contribution < -0.4 is 10.7 Å². The molecular weight excluding hydrogens is 300 g/mol. The number of anilines is 1. The zero-order chi connectivity index (χ0) is 17.4. The first kappa shape index (κ1) is 15.3. The number of nitriles is 2. The lowest BCUT2D eigenvalue weighted by molar-refractivity contribution is -0.364. The second-order valence-electron chi connectivity index (χ2n) is 5.67. The first-order valence-electron chi connectivity index (χ1n) is 7.36. The molecule has 0 saturated heterocycles. The van der Waals surface area contributed by atoms with Crippen molar-refractivity contribution >= 4 is 23.0 Å². The fraction of sp³-hybridized carbons (Fsp3) is 0.105. The van der Waals surface area contributed by atoms with Crippen LogP contribution in [0, 0.1) is 29.6 Å². The predicted octanol–water partition coefficient (Wildman–Crippen LogP) is 2.82. The zero-order valence-electron chi connectivity index (χ0n) is 13.3. The molecule has 1 aliphatic rings. The van der Waals surface area contributed by atoms with Crippen molar-refractivity contribution in [1.29, 1.82) is 10.5 Å². The highest BCUT2D eigenvalue weighted by Gasteiger charge is 2.32. The number of nitrogens with one attached hydrogen (secondary N) is 1. The third-order valence-electron chi connectivity index (χ3n) is 4.23. The van der Waals surface area contributed by atoms with Crippen molar-refractivity contribution in [2.45, 2.75) is 13.8 Å². The van der Waals surface area contributed by atoms with E-state index in [2.05, 4.69) is 17.1 Å². The molecule has 0 radical (unpaired) electrons. The van der Waals surface area contributed by atoms with E-state index in [0.717, 1.165) is 27.8 Å². The molecule has 0 bridgehead atoms. The van der Waals surface area contributed by atoms with Gasteiger partial charge in [0.25, 0.3) is 5.82 Å². The Kier molecular flexibility index (Phi) is 3.56. The van der Waals surface area contributed by atoms with Crippen molar-refractivity contribution in [3.63, 3.8) is 0 Å². The number of pyridine rings is 1. The standard InChI is InChI=1S/C19H14N4O/c1-10-14(7-12-4-3-5-13(24)6-12)17-11(2)16(9-21)19(22)23-18(17)15(10)8-20/h3-7,24H,1-2H3,(H2,22,23)/p+1. The molecule has 4 N–H and O–H groups in total. The van der Waals surface area contributed by atoms with Gasteiger partial charge in [0.15, 0.2) is 5.69 Å². The van der Waals surface area contributed by atoms with Gasteiger partial charge in [-0.2, -0.15) is 10.5 Å². The van der Waals surface area contributed by atoms with Crippen molar-refractivity contribution in [2.24, 2.45) is 0 Å². The van der Waals surface area contributed by atoms with Gasteiger partial charge < -0.3 is 5.11 Å². The summed E-state index contributed by atoms with van der Waals surface area (Å²) < 4.78 is 0. The zero-order valence-corrected chi connectivity index (χ0v) is 13.3. The summed E-state index contributed by atoms with van der Waals surface area (Å²) in [4.78, 5) is 2.99. The number of aromatic amines is 1. The van der Waals surface area contributed by atoms with Crippen LogP contribution in [0.15, 0.2) is 29.8 Å². The van der Waals surface area contributed by atoms with Crippen molar-refractivity contribution in [2.75, 3.05) is 5.73 Å². The molecule has 0 saturated carbocycles. The topological polar surface area (TPSA) is 108 Å². The number of nitrogens with zero attached hydrogens (tertiary/aromatic N) is 2. The molecule has 0 fully saturated rings. The molecule has 5 heteroatoms. The number of fused-ring (bicyclic) bond motifs is 1. The summed E-state index contributed by atoms with van der Waals surface area (Å²) in [5.41, 5.74) is 11.4. The van der Waals surface area contributed by atoms with E-state index in [1.165, 1.54) is 0 Å². The Hall–Kier alpha value is -3.57. The molecule has 3 rings (SSSR count). The molecule has 0 aliphatic heterocycles. The summed E-state index contributed by atoms with van der Waals surface area (Å²) in [5.74, 6) is 0.427. The minimum absolute atomic E-state index is 0.169. The summed E-state index contributed by atoms with van der Waals surface area (Å²) >= 11 is 0. The van der Waals surface area contributed by atoms with Gasteiger partial charge in [-0.3, -0.25) is 5.73 Å². The monoisotopic (exact) mass is 315 g/mol. The largest absolute Gasteiger partial charge is 0.508 e.